The summed E-state index contributed by atoms with van der Waals surface area (Å²) in [7, 11) is 0. The van der Waals surface area contributed by atoms with E-state index in [1.807, 2.05) is 17.0 Å². The predicted molar refractivity (Wildman–Crippen MR) is 102 cm³/mol. The molecule has 1 aromatic heterocycles. The van der Waals surface area contributed by atoms with Gasteiger partial charge in [-0.1, -0.05) is 6.07 Å². The van der Waals surface area contributed by atoms with Crippen molar-refractivity contribution in [2.24, 2.45) is 0 Å². The normalized spacial score (nSPS) is 16.4. The van der Waals surface area contributed by atoms with Gasteiger partial charge in [-0.2, -0.15) is 5.26 Å². The van der Waals surface area contributed by atoms with E-state index in [4.69, 9.17) is 10.5 Å². The Balaban J connectivity index is 1.61. The zero-order chi connectivity index (χ0) is 19.1. The first-order valence-electron chi connectivity index (χ1n) is 9.04. The maximum Gasteiger partial charge on any atom is 0.318 e. The van der Waals surface area contributed by atoms with Crippen LogP contribution in [0.3, 0.4) is 0 Å². The van der Waals surface area contributed by atoms with Crippen molar-refractivity contribution in [1.82, 2.24) is 15.2 Å². The summed E-state index contributed by atoms with van der Waals surface area (Å²) in [6, 6.07) is 10.8. The highest BCUT2D eigenvalue weighted by Crippen LogP contribution is 2.25. The highest BCUT2D eigenvalue weighted by atomic mass is 16.5. The number of carbonyl (C=O) groups is 1. The minimum absolute atomic E-state index is 0.0378. The molecule has 0 spiro atoms. The van der Waals surface area contributed by atoms with Crippen LogP contribution in [0, 0.1) is 11.3 Å². The second-order valence-electron chi connectivity index (χ2n) is 6.50. The van der Waals surface area contributed by atoms with Gasteiger partial charge in [-0.3, -0.25) is 4.98 Å². The molecule has 2 aromatic rings. The number of hydrogen-bond acceptors (Lipinski definition) is 5. The molecule has 1 aliphatic rings. The van der Waals surface area contributed by atoms with Crippen LogP contribution in [-0.4, -0.2) is 35.1 Å². The Morgan fingerprint density at radius 2 is 2.15 bits per heavy atom. The number of piperidine rings is 1. The van der Waals surface area contributed by atoms with Crippen molar-refractivity contribution in [3.05, 3.63) is 53.9 Å². The molecular formula is C20H23N5O2. The Morgan fingerprint density at radius 3 is 2.93 bits per heavy atom. The molecule has 27 heavy (non-hydrogen) atoms. The molecule has 3 rings (SSSR count). The minimum Gasteiger partial charge on any atom is -0.490 e. The molecular weight excluding hydrogens is 342 g/mol. The molecule has 0 aliphatic carbocycles. The molecule has 7 nitrogen and oxygen atoms in total. The van der Waals surface area contributed by atoms with Crippen molar-refractivity contribution in [2.45, 2.75) is 31.8 Å². The van der Waals surface area contributed by atoms with Gasteiger partial charge in [0.15, 0.2) is 0 Å². The summed E-state index contributed by atoms with van der Waals surface area (Å²) in [6.45, 7) is 1.48. The van der Waals surface area contributed by atoms with Crippen molar-refractivity contribution < 1.29 is 9.53 Å². The largest absolute Gasteiger partial charge is 0.490 e. The van der Waals surface area contributed by atoms with E-state index in [9.17, 15) is 10.1 Å². The lowest BCUT2D eigenvalue weighted by atomic mass is 10.0. The van der Waals surface area contributed by atoms with Gasteiger partial charge in [0.1, 0.15) is 24.0 Å². The van der Waals surface area contributed by atoms with Crippen molar-refractivity contribution >= 4 is 11.7 Å². The SMILES string of the molecule is N#Cc1c(N)cccc1OC[C@H]1CCCCN1C(=O)NCc1ccncc1. The maximum absolute atomic E-state index is 12.6. The number of nitrogen functional groups attached to an aromatic ring is 1. The summed E-state index contributed by atoms with van der Waals surface area (Å²) in [5.41, 5.74) is 7.56. The monoisotopic (exact) mass is 365 g/mol. The fourth-order valence-corrected chi connectivity index (χ4v) is 3.20. The average molecular weight is 365 g/mol. The average Bonchev–Trinajstić information content (AvgIpc) is 2.71. The second kappa shape index (κ2) is 8.90. The van der Waals surface area contributed by atoms with Crippen LogP contribution >= 0.6 is 0 Å². The van der Waals surface area contributed by atoms with E-state index < -0.39 is 0 Å². The van der Waals surface area contributed by atoms with E-state index in [1.165, 1.54) is 0 Å². The van der Waals surface area contributed by atoms with Gasteiger partial charge in [0.2, 0.25) is 0 Å². The van der Waals surface area contributed by atoms with Crippen molar-refractivity contribution in [3.63, 3.8) is 0 Å². The molecule has 140 valence electrons. The fourth-order valence-electron chi connectivity index (χ4n) is 3.20. The number of hydrogen-bond donors (Lipinski definition) is 2. The number of benzene rings is 1. The number of amides is 2. The number of ether oxygens (including phenoxy) is 1. The Bertz CT molecular complexity index is 819. The Labute approximate surface area is 158 Å². The van der Waals surface area contributed by atoms with E-state index in [0.717, 1.165) is 24.8 Å². The number of nitrogens with one attached hydrogen (secondary N) is 1. The van der Waals surface area contributed by atoms with Crippen LogP contribution in [0.2, 0.25) is 0 Å². The fraction of sp³-hybridized carbons (Fsp3) is 0.350. The third kappa shape index (κ3) is 4.67. The highest BCUT2D eigenvalue weighted by Gasteiger charge is 2.27. The van der Waals surface area contributed by atoms with Crippen LogP contribution in [0.15, 0.2) is 42.7 Å². The van der Waals surface area contributed by atoms with E-state index in [1.54, 1.807) is 30.6 Å². The van der Waals surface area contributed by atoms with Gasteiger partial charge in [0, 0.05) is 25.5 Å². The summed E-state index contributed by atoms with van der Waals surface area (Å²) in [6.07, 6.45) is 6.30. The van der Waals surface area contributed by atoms with Gasteiger partial charge < -0.3 is 20.7 Å². The number of anilines is 1. The minimum atomic E-state index is -0.104. The number of rotatable bonds is 5. The molecule has 1 fully saturated rings. The molecule has 1 aliphatic heterocycles. The standard InChI is InChI=1S/C20H23N5O2/c21-12-17-18(22)5-3-6-19(17)27-14-16-4-1-2-11-25(16)20(26)24-13-15-7-9-23-10-8-15/h3,5-10,16H,1-2,4,11,13-14,22H2,(H,24,26)/t16-/m1/s1. The summed E-state index contributed by atoms with van der Waals surface area (Å²) >= 11 is 0. The zero-order valence-electron chi connectivity index (χ0n) is 15.1. The molecule has 0 unspecified atom stereocenters. The molecule has 2 amide bonds. The van der Waals surface area contributed by atoms with E-state index >= 15 is 0 Å². The summed E-state index contributed by atoms with van der Waals surface area (Å²) in [4.78, 5) is 18.4. The van der Waals surface area contributed by atoms with E-state index in [-0.39, 0.29) is 12.1 Å². The Kier molecular flexibility index (Phi) is 6.10. The second-order valence-corrected chi connectivity index (χ2v) is 6.50. The molecule has 1 aromatic carbocycles. The molecule has 7 heteroatoms. The number of nitrogens with two attached hydrogens (primary N) is 1. The number of likely N-dealkylation sites (tertiary alicyclic amines) is 1. The van der Waals surface area contributed by atoms with Gasteiger partial charge in [0.05, 0.1) is 11.7 Å². The number of pyridine rings is 1. The Morgan fingerprint density at radius 1 is 1.33 bits per heavy atom. The highest BCUT2D eigenvalue weighted by molar-refractivity contribution is 5.74. The number of nitriles is 1. The third-order valence-electron chi connectivity index (χ3n) is 4.68. The lowest BCUT2D eigenvalue weighted by molar-refractivity contribution is 0.116. The van der Waals surface area contributed by atoms with Crippen molar-refractivity contribution in [2.75, 3.05) is 18.9 Å². The first-order chi connectivity index (χ1) is 13.2. The molecule has 0 bridgehead atoms. The Hall–Kier alpha value is -3.27. The first kappa shape index (κ1) is 18.5. The number of aromatic nitrogens is 1. The molecule has 0 saturated carbocycles. The summed E-state index contributed by atoms with van der Waals surface area (Å²) < 4.78 is 5.86. The number of carbonyl (C=O) groups excluding carboxylic acids is 1. The predicted octanol–water partition coefficient (Wildman–Crippen LogP) is 2.68. The van der Waals surface area contributed by atoms with Crippen LogP contribution in [-0.2, 0) is 6.54 Å². The smallest absolute Gasteiger partial charge is 0.318 e. The summed E-state index contributed by atoms with van der Waals surface area (Å²) in [5.74, 6) is 0.459. The van der Waals surface area contributed by atoms with Crippen molar-refractivity contribution in [3.8, 4) is 11.8 Å². The van der Waals surface area contributed by atoms with Crippen LogP contribution in [0.5, 0.6) is 5.75 Å². The molecule has 1 atom stereocenters. The number of nitrogens with zero attached hydrogens (tertiary/aromatic N) is 3. The van der Waals surface area contributed by atoms with E-state index in [2.05, 4.69) is 16.4 Å². The molecule has 2 heterocycles. The van der Waals surface area contributed by atoms with Crippen LogP contribution < -0.4 is 15.8 Å². The van der Waals surface area contributed by atoms with Gasteiger partial charge in [-0.25, -0.2) is 4.79 Å². The maximum atomic E-state index is 12.6. The zero-order valence-corrected chi connectivity index (χ0v) is 15.1. The van der Waals surface area contributed by atoms with Crippen LogP contribution in [0.1, 0.15) is 30.4 Å². The lowest BCUT2D eigenvalue weighted by Gasteiger charge is -2.35. The van der Waals surface area contributed by atoms with Crippen LogP contribution in [0.4, 0.5) is 10.5 Å². The topological polar surface area (TPSA) is 104 Å². The molecule has 3 N–H and O–H groups in total. The quantitative estimate of drug-likeness (QED) is 0.793. The van der Waals surface area contributed by atoms with Gasteiger partial charge in [0.25, 0.3) is 0 Å². The summed E-state index contributed by atoms with van der Waals surface area (Å²) in [5, 5.41) is 12.2. The first-order valence-corrected chi connectivity index (χ1v) is 9.04. The number of urea groups is 1. The van der Waals surface area contributed by atoms with E-state index in [0.29, 0.717) is 36.7 Å². The third-order valence-corrected chi connectivity index (χ3v) is 4.68. The van der Waals surface area contributed by atoms with Crippen molar-refractivity contribution in [1.29, 1.82) is 5.26 Å². The van der Waals surface area contributed by atoms with Gasteiger partial charge in [-0.05, 0) is 49.1 Å². The molecule has 1 saturated heterocycles. The van der Waals surface area contributed by atoms with Gasteiger partial charge >= 0.3 is 6.03 Å². The van der Waals surface area contributed by atoms with Gasteiger partial charge in [-0.15, -0.1) is 0 Å². The lowest BCUT2D eigenvalue weighted by Crippen LogP contribution is -2.50. The van der Waals surface area contributed by atoms with Crippen LogP contribution in [0.25, 0.3) is 0 Å². The molecule has 0 radical (unpaired) electrons.